The molecule has 1 N–H and O–H groups in total. The van der Waals surface area contributed by atoms with Crippen LogP contribution in [0.5, 0.6) is 0 Å². The van der Waals surface area contributed by atoms with Crippen molar-refractivity contribution >= 4 is 0 Å². The van der Waals surface area contributed by atoms with Gasteiger partial charge < -0.3 is 14.7 Å². The second kappa shape index (κ2) is 7.11. The Kier molecular flexibility index (Phi) is 5.46. The van der Waals surface area contributed by atoms with Gasteiger partial charge in [-0.15, -0.1) is 0 Å². The molecule has 0 radical (unpaired) electrons. The molecule has 0 bridgehead atoms. The molecule has 0 amide bonds. The van der Waals surface area contributed by atoms with Gasteiger partial charge in [-0.05, 0) is 37.0 Å². The van der Waals surface area contributed by atoms with E-state index in [2.05, 4.69) is 4.90 Å². The monoisotopic (exact) mass is 285 g/mol. The minimum Gasteiger partial charge on any atom is -0.388 e. The maximum absolute atomic E-state index is 13.1. The summed E-state index contributed by atoms with van der Waals surface area (Å²) in [5.74, 6) is -1.31. The van der Waals surface area contributed by atoms with Gasteiger partial charge in [0.25, 0.3) is 0 Å². The highest BCUT2D eigenvalue weighted by Crippen LogP contribution is 2.21. The van der Waals surface area contributed by atoms with E-state index in [9.17, 15) is 13.9 Å². The largest absolute Gasteiger partial charge is 0.388 e. The third-order valence-corrected chi connectivity index (χ3v) is 3.86. The fraction of sp³-hybridized carbons (Fsp3) is 0.600. The van der Waals surface area contributed by atoms with E-state index in [4.69, 9.17) is 4.74 Å². The van der Waals surface area contributed by atoms with Crippen LogP contribution in [0.2, 0.25) is 0 Å². The fourth-order valence-corrected chi connectivity index (χ4v) is 2.61. The van der Waals surface area contributed by atoms with Crippen molar-refractivity contribution in [3.8, 4) is 0 Å². The molecule has 0 saturated carbocycles. The van der Waals surface area contributed by atoms with Crippen LogP contribution in [0.3, 0.4) is 0 Å². The average Bonchev–Trinajstić information content (AvgIpc) is 2.44. The first kappa shape index (κ1) is 15.4. The summed E-state index contributed by atoms with van der Waals surface area (Å²) in [6.45, 7) is 2.58. The molecule has 3 nitrogen and oxygen atoms in total. The molecule has 1 saturated heterocycles. The predicted octanol–water partition coefficient (Wildman–Crippen LogP) is 2.50. The van der Waals surface area contributed by atoms with Crippen molar-refractivity contribution in [2.45, 2.75) is 31.5 Å². The van der Waals surface area contributed by atoms with Gasteiger partial charge in [0.1, 0.15) is 11.6 Å². The Morgan fingerprint density at radius 2 is 1.85 bits per heavy atom. The summed E-state index contributed by atoms with van der Waals surface area (Å²) in [5, 5.41) is 10.0. The van der Waals surface area contributed by atoms with E-state index in [0.29, 0.717) is 18.1 Å². The third-order valence-electron chi connectivity index (χ3n) is 3.86. The fourth-order valence-electron chi connectivity index (χ4n) is 2.61. The van der Waals surface area contributed by atoms with Gasteiger partial charge in [0, 0.05) is 32.8 Å². The Morgan fingerprint density at radius 3 is 2.40 bits per heavy atom. The molecule has 20 heavy (non-hydrogen) atoms. The van der Waals surface area contributed by atoms with Crippen LogP contribution >= 0.6 is 0 Å². The van der Waals surface area contributed by atoms with E-state index < -0.39 is 17.7 Å². The minimum atomic E-state index is -0.833. The number of halogens is 2. The molecule has 0 aliphatic carbocycles. The van der Waals surface area contributed by atoms with Gasteiger partial charge in [0.2, 0.25) is 0 Å². The first-order chi connectivity index (χ1) is 9.58. The number of likely N-dealkylation sites (tertiary alicyclic amines) is 1. The Balaban J connectivity index is 1.81. The number of nitrogens with zero attached hydrogens (tertiary/aromatic N) is 1. The number of hydrogen-bond acceptors (Lipinski definition) is 3. The molecular formula is C15H21F2NO2. The van der Waals surface area contributed by atoms with Crippen LogP contribution < -0.4 is 0 Å². The van der Waals surface area contributed by atoms with E-state index >= 15 is 0 Å². The Labute approximate surface area is 118 Å². The average molecular weight is 285 g/mol. The van der Waals surface area contributed by atoms with Crippen LogP contribution in [0.1, 0.15) is 30.9 Å². The Hall–Kier alpha value is -1.04. The van der Waals surface area contributed by atoms with Crippen molar-refractivity contribution in [1.82, 2.24) is 4.90 Å². The van der Waals surface area contributed by atoms with Crippen molar-refractivity contribution < 1.29 is 18.6 Å². The molecule has 1 aliphatic heterocycles. The van der Waals surface area contributed by atoms with Crippen LogP contribution in [-0.4, -0.2) is 42.9 Å². The van der Waals surface area contributed by atoms with Gasteiger partial charge in [0.05, 0.1) is 12.2 Å². The molecule has 0 aromatic heterocycles. The topological polar surface area (TPSA) is 32.7 Å². The van der Waals surface area contributed by atoms with Crippen molar-refractivity contribution in [2.75, 3.05) is 26.7 Å². The van der Waals surface area contributed by atoms with Crippen molar-refractivity contribution in [2.24, 2.45) is 0 Å². The first-order valence-electron chi connectivity index (χ1n) is 6.97. The highest BCUT2D eigenvalue weighted by atomic mass is 19.1. The lowest BCUT2D eigenvalue weighted by Gasteiger charge is -2.31. The lowest BCUT2D eigenvalue weighted by atomic mass is 10.0. The summed E-state index contributed by atoms with van der Waals surface area (Å²) >= 11 is 0. The second-order valence-corrected chi connectivity index (χ2v) is 5.28. The first-order valence-corrected chi connectivity index (χ1v) is 6.97. The van der Waals surface area contributed by atoms with Crippen LogP contribution in [0.4, 0.5) is 8.78 Å². The normalized spacial score (nSPS) is 19.2. The summed E-state index contributed by atoms with van der Waals surface area (Å²) in [5.41, 5.74) is 0.300. The zero-order chi connectivity index (χ0) is 14.5. The molecule has 1 aromatic carbocycles. The minimum absolute atomic E-state index is 0.300. The summed E-state index contributed by atoms with van der Waals surface area (Å²) in [7, 11) is 1.72. The summed E-state index contributed by atoms with van der Waals surface area (Å²) in [6.07, 6.45) is 1.94. The number of aliphatic hydroxyl groups is 1. The molecule has 1 aromatic rings. The van der Waals surface area contributed by atoms with Crippen molar-refractivity contribution in [3.05, 3.63) is 35.4 Å². The number of aliphatic hydroxyl groups excluding tert-OH is 1. The molecule has 1 aliphatic rings. The van der Waals surface area contributed by atoms with E-state index in [1.807, 2.05) is 0 Å². The molecule has 0 spiro atoms. The zero-order valence-corrected chi connectivity index (χ0v) is 11.7. The van der Waals surface area contributed by atoms with Gasteiger partial charge in [-0.2, -0.15) is 0 Å². The SMILES string of the molecule is COC1CCN(CCC(O)c2cc(F)cc(F)c2)CC1. The number of ether oxygens (including phenoxy) is 1. The zero-order valence-electron chi connectivity index (χ0n) is 11.7. The summed E-state index contributed by atoms with van der Waals surface area (Å²) in [6, 6.07) is 3.18. The summed E-state index contributed by atoms with van der Waals surface area (Å²) < 4.78 is 31.5. The van der Waals surface area contributed by atoms with Crippen LogP contribution in [0.25, 0.3) is 0 Å². The highest BCUT2D eigenvalue weighted by Gasteiger charge is 2.19. The number of methoxy groups -OCH3 is 1. The molecule has 1 heterocycles. The number of hydrogen-bond donors (Lipinski definition) is 1. The Bertz CT molecular complexity index is 414. The number of rotatable bonds is 5. The molecular weight excluding hydrogens is 264 g/mol. The molecule has 5 heteroatoms. The van der Waals surface area contributed by atoms with E-state index in [1.54, 1.807) is 7.11 Å². The highest BCUT2D eigenvalue weighted by molar-refractivity contribution is 5.20. The lowest BCUT2D eigenvalue weighted by Crippen LogP contribution is -2.37. The van der Waals surface area contributed by atoms with Gasteiger partial charge >= 0.3 is 0 Å². The van der Waals surface area contributed by atoms with Crippen LogP contribution in [-0.2, 0) is 4.74 Å². The van der Waals surface area contributed by atoms with Crippen LogP contribution in [0.15, 0.2) is 18.2 Å². The molecule has 2 rings (SSSR count). The molecule has 1 unspecified atom stereocenters. The third kappa shape index (κ3) is 4.23. The van der Waals surface area contributed by atoms with E-state index in [0.717, 1.165) is 38.5 Å². The Morgan fingerprint density at radius 1 is 1.25 bits per heavy atom. The van der Waals surface area contributed by atoms with Crippen molar-refractivity contribution in [1.29, 1.82) is 0 Å². The maximum atomic E-state index is 13.1. The maximum Gasteiger partial charge on any atom is 0.126 e. The quantitative estimate of drug-likeness (QED) is 0.902. The van der Waals surface area contributed by atoms with E-state index in [1.165, 1.54) is 12.1 Å². The van der Waals surface area contributed by atoms with Crippen molar-refractivity contribution in [3.63, 3.8) is 0 Å². The van der Waals surface area contributed by atoms with Crippen LogP contribution in [0, 0.1) is 11.6 Å². The van der Waals surface area contributed by atoms with Gasteiger partial charge in [0.15, 0.2) is 0 Å². The van der Waals surface area contributed by atoms with Gasteiger partial charge in [-0.25, -0.2) is 8.78 Å². The smallest absolute Gasteiger partial charge is 0.126 e. The predicted molar refractivity (Wildman–Crippen MR) is 72.4 cm³/mol. The summed E-state index contributed by atoms with van der Waals surface area (Å²) in [4.78, 5) is 2.24. The standard InChI is InChI=1S/C15H21F2NO2/c1-20-14-2-5-18(6-3-14)7-4-15(19)11-8-12(16)10-13(17)9-11/h8-10,14-15,19H,2-7H2,1H3. The molecule has 1 fully saturated rings. The van der Waals surface area contributed by atoms with E-state index in [-0.39, 0.29) is 0 Å². The number of piperidine rings is 1. The second-order valence-electron chi connectivity index (χ2n) is 5.28. The van der Waals surface area contributed by atoms with Gasteiger partial charge in [-0.1, -0.05) is 0 Å². The van der Waals surface area contributed by atoms with Gasteiger partial charge in [-0.3, -0.25) is 0 Å². The number of benzene rings is 1. The molecule has 112 valence electrons. The lowest BCUT2D eigenvalue weighted by molar-refractivity contribution is 0.0360. The molecule has 1 atom stereocenters.